The van der Waals surface area contributed by atoms with Crippen LogP contribution < -0.4 is 20.6 Å². The van der Waals surface area contributed by atoms with Crippen LogP contribution in [0.2, 0.25) is 0 Å². The van der Waals surface area contributed by atoms with E-state index in [1.807, 2.05) is 32.0 Å². The molecule has 0 spiro atoms. The average molecular weight is 776 g/mol. The minimum Gasteiger partial charge on any atom is -0.406 e. The number of nitrogens with zero attached hydrogens (tertiary/aromatic N) is 4. The van der Waals surface area contributed by atoms with Gasteiger partial charge in [0.25, 0.3) is 10.0 Å². The highest BCUT2D eigenvalue weighted by Gasteiger charge is 2.31. The first kappa shape index (κ1) is 39.2. The molecular formula is C38H33F4N7O3S2. The van der Waals surface area contributed by atoms with Gasteiger partial charge >= 0.3 is 6.36 Å². The van der Waals surface area contributed by atoms with Crippen LogP contribution in [0.1, 0.15) is 27.8 Å². The van der Waals surface area contributed by atoms with Gasteiger partial charge in [0.15, 0.2) is 5.17 Å². The summed E-state index contributed by atoms with van der Waals surface area (Å²) in [5.41, 5.74) is 14.7. The zero-order chi connectivity index (χ0) is 38.7. The van der Waals surface area contributed by atoms with Crippen molar-refractivity contribution in [2.24, 2.45) is 25.8 Å². The van der Waals surface area contributed by atoms with Gasteiger partial charge < -0.3 is 10.5 Å². The normalized spacial score (nSPS) is 12.7. The molecule has 54 heavy (non-hydrogen) atoms. The quantitative estimate of drug-likeness (QED) is 0.0501. The predicted molar refractivity (Wildman–Crippen MR) is 207 cm³/mol. The van der Waals surface area contributed by atoms with Crippen LogP contribution >= 0.6 is 11.8 Å². The van der Waals surface area contributed by atoms with Crippen LogP contribution in [0, 0.1) is 19.7 Å². The summed E-state index contributed by atoms with van der Waals surface area (Å²) in [7, 11) is -3.87. The Balaban J connectivity index is 1.22. The highest BCUT2D eigenvalue weighted by molar-refractivity contribution is 8.13. The number of hydrogen-bond donors (Lipinski definition) is 3. The number of hydrogen-bond acceptors (Lipinski definition) is 7. The smallest absolute Gasteiger partial charge is 0.406 e. The van der Waals surface area contributed by atoms with Crippen molar-refractivity contribution in [1.29, 1.82) is 0 Å². The topological polar surface area (TPSA) is 143 Å². The van der Waals surface area contributed by atoms with Crippen molar-refractivity contribution >= 4 is 62.4 Å². The van der Waals surface area contributed by atoms with Crippen LogP contribution in [-0.4, -0.2) is 38.3 Å². The Labute approximate surface area is 313 Å². The second-order valence-corrected chi connectivity index (χ2v) is 14.1. The lowest BCUT2D eigenvalue weighted by atomic mass is 10.1. The van der Waals surface area contributed by atoms with E-state index in [-0.39, 0.29) is 22.2 Å². The molecular weight excluding hydrogens is 743 g/mol. The summed E-state index contributed by atoms with van der Waals surface area (Å²) in [6.45, 7) is 3.93. The average Bonchev–Trinajstić information content (AvgIpc) is 3.13. The number of aliphatic imine (C=N–C) groups is 3. The summed E-state index contributed by atoms with van der Waals surface area (Å²) in [6.07, 6.45) is -1.97. The first-order valence-electron chi connectivity index (χ1n) is 16.0. The molecule has 0 heterocycles. The SMILES string of the molecule is Cc1cccc(C)c1N=C(N/N=C/c1ccc(C(N)=NC=Nc2ccc(OC(F)(F)F)cc2)cc1)SCc1ccc(S(=O)(=O)Nc2ccc(F)cc2)cc1. The van der Waals surface area contributed by atoms with Crippen LogP contribution in [0.4, 0.5) is 34.6 Å². The van der Waals surface area contributed by atoms with Gasteiger partial charge in [0, 0.05) is 17.0 Å². The number of ether oxygens (including phenoxy) is 1. The second kappa shape index (κ2) is 17.7. The van der Waals surface area contributed by atoms with E-state index < -0.39 is 22.2 Å². The lowest BCUT2D eigenvalue weighted by molar-refractivity contribution is -0.274. The molecule has 0 aliphatic rings. The van der Waals surface area contributed by atoms with E-state index in [0.29, 0.717) is 22.2 Å². The van der Waals surface area contributed by atoms with Crippen LogP contribution in [-0.2, 0) is 15.8 Å². The summed E-state index contributed by atoms with van der Waals surface area (Å²) in [5.74, 6) is -0.201. The van der Waals surface area contributed by atoms with Gasteiger partial charge in [-0.3, -0.25) is 10.1 Å². The Morgan fingerprint density at radius 2 is 1.52 bits per heavy atom. The molecule has 0 bridgehead atoms. The van der Waals surface area contributed by atoms with E-state index >= 15 is 0 Å². The number of benzene rings is 5. The molecule has 0 aliphatic carbocycles. The third kappa shape index (κ3) is 11.8. The number of alkyl halides is 3. The summed E-state index contributed by atoms with van der Waals surface area (Å²) in [4.78, 5) is 13.1. The highest BCUT2D eigenvalue weighted by Crippen LogP contribution is 2.27. The molecule has 0 amide bonds. The van der Waals surface area contributed by atoms with Gasteiger partial charge in [0.1, 0.15) is 23.7 Å². The molecule has 0 radical (unpaired) electrons. The lowest BCUT2D eigenvalue weighted by Gasteiger charge is -2.10. The van der Waals surface area contributed by atoms with Gasteiger partial charge in [-0.05, 0) is 96.8 Å². The number of anilines is 1. The number of nitrogens with one attached hydrogen (secondary N) is 2. The number of hydrazone groups is 1. The van der Waals surface area contributed by atoms with Crippen molar-refractivity contribution in [2.75, 3.05) is 4.72 Å². The monoisotopic (exact) mass is 775 g/mol. The molecule has 0 saturated heterocycles. The molecule has 0 unspecified atom stereocenters. The van der Waals surface area contributed by atoms with Crippen LogP contribution in [0.3, 0.4) is 0 Å². The minimum atomic E-state index is -4.78. The fraction of sp³-hybridized carbons (Fsp3) is 0.105. The Morgan fingerprint density at radius 1 is 0.870 bits per heavy atom. The first-order valence-corrected chi connectivity index (χ1v) is 18.5. The molecule has 0 atom stereocenters. The van der Waals surface area contributed by atoms with Crippen molar-refractivity contribution in [3.63, 3.8) is 0 Å². The number of nitrogens with two attached hydrogens (primary N) is 1. The molecule has 4 N–H and O–H groups in total. The maximum Gasteiger partial charge on any atom is 0.573 e. The van der Waals surface area contributed by atoms with Gasteiger partial charge in [0.05, 0.1) is 22.5 Å². The Hall–Kier alpha value is -6.00. The van der Waals surface area contributed by atoms with E-state index in [9.17, 15) is 26.0 Å². The molecule has 16 heteroatoms. The lowest BCUT2D eigenvalue weighted by Crippen LogP contribution is -2.16. The summed E-state index contributed by atoms with van der Waals surface area (Å²) >= 11 is 1.38. The van der Waals surface area contributed by atoms with E-state index in [2.05, 4.69) is 30.0 Å². The van der Waals surface area contributed by atoms with Gasteiger partial charge in [-0.1, -0.05) is 66.4 Å². The molecule has 5 aromatic carbocycles. The third-order valence-corrected chi connectivity index (χ3v) is 9.74. The third-order valence-electron chi connectivity index (χ3n) is 7.41. The van der Waals surface area contributed by atoms with Gasteiger partial charge in [-0.25, -0.2) is 27.8 Å². The molecule has 0 saturated carbocycles. The molecule has 278 valence electrons. The van der Waals surface area contributed by atoms with E-state index in [0.717, 1.165) is 40.1 Å². The highest BCUT2D eigenvalue weighted by atomic mass is 32.2. The van der Waals surface area contributed by atoms with Crippen molar-refractivity contribution in [2.45, 2.75) is 30.9 Å². The van der Waals surface area contributed by atoms with Crippen molar-refractivity contribution in [3.8, 4) is 5.75 Å². The molecule has 0 fully saturated rings. The van der Waals surface area contributed by atoms with Crippen LogP contribution in [0.25, 0.3) is 0 Å². The zero-order valence-corrected chi connectivity index (χ0v) is 30.4. The van der Waals surface area contributed by atoms with Crippen molar-refractivity contribution < 1.29 is 30.7 Å². The Morgan fingerprint density at radius 3 is 2.15 bits per heavy atom. The molecule has 5 rings (SSSR count). The van der Waals surface area contributed by atoms with Crippen molar-refractivity contribution in [1.82, 2.24) is 5.43 Å². The summed E-state index contributed by atoms with van der Waals surface area (Å²) in [6, 6.07) is 29.4. The van der Waals surface area contributed by atoms with E-state index in [1.165, 1.54) is 66.6 Å². The Kier molecular flexibility index (Phi) is 12.8. The van der Waals surface area contributed by atoms with Crippen LogP contribution in [0.5, 0.6) is 5.75 Å². The number of para-hydroxylation sites is 1. The number of halogens is 4. The molecule has 5 aromatic rings. The zero-order valence-electron chi connectivity index (χ0n) is 28.8. The number of rotatable bonds is 12. The Bertz CT molecular complexity index is 2260. The van der Waals surface area contributed by atoms with Gasteiger partial charge in [-0.15, -0.1) is 13.2 Å². The van der Waals surface area contributed by atoms with Crippen LogP contribution in [0.15, 0.2) is 140 Å². The summed E-state index contributed by atoms with van der Waals surface area (Å²) < 4.78 is 82.3. The number of sulfonamides is 1. The summed E-state index contributed by atoms with van der Waals surface area (Å²) in [5, 5.41) is 4.90. The van der Waals surface area contributed by atoms with E-state index in [1.54, 1.807) is 42.6 Å². The first-order chi connectivity index (χ1) is 25.7. The number of amidine groups is 2. The fourth-order valence-electron chi connectivity index (χ4n) is 4.69. The maximum atomic E-state index is 13.2. The number of aryl methyl sites for hydroxylation is 2. The maximum absolute atomic E-state index is 13.2. The largest absolute Gasteiger partial charge is 0.573 e. The van der Waals surface area contributed by atoms with Gasteiger partial charge in [0.2, 0.25) is 0 Å². The second-order valence-electron chi connectivity index (χ2n) is 11.5. The van der Waals surface area contributed by atoms with E-state index in [4.69, 9.17) is 10.7 Å². The fourth-order valence-corrected chi connectivity index (χ4v) is 6.52. The minimum absolute atomic E-state index is 0.0621. The standard InChI is InChI=1S/C38H33F4N7O3S2/c1-25-4-3-5-26(2)35(25)47-37(53-23-28-8-20-34(21-9-28)54(50,51)49-32-14-12-30(39)13-15-32)48-46-22-27-6-10-29(11-7-27)36(43)45-24-44-31-16-18-33(19-17-31)52-38(40,41)42/h3-22,24,49H,23H2,1-2H3,(H,47,48)(H2,43,44,45)/b46-22+. The van der Waals surface area contributed by atoms with Crippen molar-refractivity contribution in [3.05, 3.63) is 149 Å². The molecule has 0 aliphatic heterocycles. The predicted octanol–water partition coefficient (Wildman–Crippen LogP) is 8.75. The molecule has 0 aromatic heterocycles. The van der Waals surface area contributed by atoms with Gasteiger partial charge in [-0.2, -0.15) is 5.10 Å². The molecule has 10 nitrogen and oxygen atoms in total. The number of thioether (sulfide) groups is 1.